The molecule has 0 saturated heterocycles. The van der Waals surface area contributed by atoms with Crippen LogP contribution in [0.25, 0.3) is 0 Å². The van der Waals surface area contributed by atoms with Gasteiger partial charge in [-0.25, -0.2) is 0 Å². The third kappa shape index (κ3) is 23.9. The van der Waals surface area contributed by atoms with Crippen molar-refractivity contribution in [2.24, 2.45) is 0 Å². The lowest BCUT2D eigenvalue weighted by molar-refractivity contribution is -0.157. The molecule has 0 aliphatic carbocycles. The first-order valence-electron chi connectivity index (χ1n) is 17.3. The van der Waals surface area contributed by atoms with Crippen molar-refractivity contribution in [1.29, 1.82) is 0 Å². The summed E-state index contributed by atoms with van der Waals surface area (Å²) >= 11 is 0. The molecule has 240 valence electrons. The molecule has 0 aromatic rings. The van der Waals surface area contributed by atoms with Crippen LogP contribution in [0, 0.1) is 0 Å². The fourth-order valence-corrected chi connectivity index (χ4v) is 5.04. The summed E-state index contributed by atoms with van der Waals surface area (Å²) in [6, 6.07) is 0. The minimum Gasteiger partial charge on any atom is -0.347 e. The molecule has 2 unspecified atom stereocenters. The predicted molar refractivity (Wildman–Crippen MR) is 173 cm³/mol. The summed E-state index contributed by atoms with van der Waals surface area (Å²) in [6.45, 7) is 8.99. The number of aldehydes is 2. The molecule has 0 heterocycles. The number of hydrogen-bond acceptors (Lipinski definition) is 5. The van der Waals surface area contributed by atoms with Gasteiger partial charge in [-0.2, -0.15) is 0 Å². The molecule has 5 heteroatoms. The lowest BCUT2D eigenvalue weighted by Crippen LogP contribution is -2.22. The predicted octanol–water partition coefficient (Wildman–Crippen LogP) is 10.6. The van der Waals surface area contributed by atoms with Gasteiger partial charge in [-0.3, -0.25) is 9.59 Å². The Hall–Kier alpha value is -1.30. The van der Waals surface area contributed by atoms with Gasteiger partial charge in [0.15, 0.2) is 0 Å². The molecule has 0 radical (unpaired) electrons. The number of hydrogen-bond donors (Lipinski definition) is 0. The van der Waals surface area contributed by atoms with Crippen LogP contribution in [-0.4, -0.2) is 38.4 Å². The topological polar surface area (TPSA) is 61.8 Å². The molecule has 41 heavy (non-hydrogen) atoms. The smallest absolute Gasteiger partial charge is 0.150 e. The highest BCUT2D eigenvalue weighted by molar-refractivity contribution is 5.75. The fourth-order valence-electron chi connectivity index (χ4n) is 5.04. The molecule has 5 nitrogen and oxygen atoms in total. The molecule has 0 spiro atoms. The molecule has 0 aliphatic heterocycles. The average Bonchev–Trinajstić information content (AvgIpc) is 2.99. The van der Waals surface area contributed by atoms with Crippen molar-refractivity contribution >= 4 is 12.6 Å². The molecule has 0 N–H and O–H groups in total. The van der Waals surface area contributed by atoms with Crippen LogP contribution in [0.4, 0.5) is 0 Å². The zero-order valence-electron chi connectivity index (χ0n) is 27.5. The van der Waals surface area contributed by atoms with Crippen LogP contribution < -0.4 is 0 Å². The Balaban J connectivity index is 4.93. The standard InChI is InChI=1S/C36H66O5/c1-5-9-13-17-19-21-25-33(29-37)35(27-23-15-11-7-3)40-31-39-32-41-36(28-24-16-12-8-4)34(30-38)26-22-20-18-14-10-6-2/h25-26,29-30,35-36H,5-24,27-28,31-32H2,1-4H3. The van der Waals surface area contributed by atoms with E-state index in [4.69, 9.17) is 14.2 Å². The molecule has 0 aromatic heterocycles. The van der Waals surface area contributed by atoms with Crippen molar-refractivity contribution in [1.82, 2.24) is 0 Å². The quantitative estimate of drug-likeness (QED) is 0.0344. The van der Waals surface area contributed by atoms with Gasteiger partial charge < -0.3 is 14.2 Å². The van der Waals surface area contributed by atoms with E-state index >= 15 is 0 Å². The van der Waals surface area contributed by atoms with Crippen molar-refractivity contribution in [3.8, 4) is 0 Å². The Labute approximate surface area is 254 Å². The van der Waals surface area contributed by atoms with E-state index < -0.39 is 0 Å². The van der Waals surface area contributed by atoms with Gasteiger partial charge in [0, 0.05) is 11.1 Å². The van der Waals surface area contributed by atoms with E-state index in [1.54, 1.807) is 0 Å². The summed E-state index contributed by atoms with van der Waals surface area (Å²) in [5, 5.41) is 0. The van der Waals surface area contributed by atoms with Crippen molar-refractivity contribution in [3.63, 3.8) is 0 Å². The maximum absolute atomic E-state index is 11.9. The first kappa shape index (κ1) is 39.7. The Bertz CT molecular complexity index is 588. The number of carbonyl (C=O) groups excluding carboxylic acids is 2. The van der Waals surface area contributed by atoms with E-state index in [2.05, 4.69) is 39.8 Å². The second-order valence-electron chi connectivity index (χ2n) is 11.5. The molecular formula is C36H66O5. The van der Waals surface area contributed by atoms with E-state index in [-0.39, 0.29) is 25.8 Å². The summed E-state index contributed by atoms with van der Waals surface area (Å²) < 4.78 is 17.9. The summed E-state index contributed by atoms with van der Waals surface area (Å²) in [7, 11) is 0. The van der Waals surface area contributed by atoms with Gasteiger partial charge >= 0.3 is 0 Å². The largest absolute Gasteiger partial charge is 0.347 e. The molecule has 0 amide bonds. The molecule has 0 aromatic carbocycles. The van der Waals surface area contributed by atoms with Gasteiger partial charge in [-0.05, 0) is 38.5 Å². The number of allylic oxidation sites excluding steroid dienone is 2. The first-order valence-corrected chi connectivity index (χ1v) is 17.3. The monoisotopic (exact) mass is 578 g/mol. The second-order valence-corrected chi connectivity index (χ2v) is 11.5. The van der Waals surface area contributed by atoms with Gasteiger partial charge in [-0.15, -0.1) is 0 Å². The van der Waals surface area contributed by atoms with Gasteiger partial charge in [-0.1, -0.05) is 143 Å². The van der Waals surface area contributed by atoms with Gasteiger partial charge in [0.2, 0.25) is 0 Å². The highest BCUT2D eigenvalue weighted by Crippen LogP contribution is 2.19. The van der Waals surface area contributed by atoms with Crippen LogP contribution in [-0.2, 0) is 23.8 Å². The number of carbonyl (C=O) groups is 2. The summed E-state index contributed by atoms with van der Waals surface area (Å²) in [6.07, 6.45) is 30.3. The molecule has 0 rings (SSSR count). The van der Waals surface area contributed by atoms with Crippen molar-refractivity contribution < 1.29 is 23.8 Å². The number of rotatable bonds is 32. The second kappa shape index (κ2) is 31.6. The minimum atomic E-state index is -0.247. The molecule has 0 bridgehead atoms. The van der Waals surface area contributed by atoms with E-state index in [9.17, 15) is 9.59 Å². The van der Waals surface area contributed by atoms with E-state index in [0.29, 0.717) is 0 Å². The van der Waals surface area contributed by atoms with Crippen LogP contribution in [0.2, 0.25) is 0 Å². The highest BCUT2D eigenvalue weighted by atomic mass is 16.7. The third-order valence-electron chi connectivity index (χ3n) is 7.74. The number of unbranched alkanes of at least 4 members (excludes halogenated alkanes) is 16. The van der Waals surface area contributed by atoms with E-state index in [1.807, 2.05) is 0 Å². The summed E-state index contributed by atoms with van der Waals surface area (Å²) in [4.78, 5) is 23.9. The lowest BCUT2D eigenvalue weighted by Gasteiger charge is -2.21. The fraction of sp³-hybridized carbons (Fsp3) is 0.833. The normalized spacial score (nSPS) is 13.9. The maximum Gasteiger partial charge on any atom is 0.150 e. The molecule has 0 aliphatic rings. The minimum absolute atomic E-state index is 0.0697. The van der Waals surface area contributed by atoms with Crippen molar-refractivity contribution in [3.05, 3.63) is 23.3 Å². The Morgan fingerprint density at radius 1 is 0.488 bits per heavy atom. The van der Waals surface area contributed by atoms with Gasteiger partial charge in [0.1, 0.15) is 26.2 Å². The lowest BCUT2D eigenvalue weighted by atomic mass is 10.0. The zero-order chi connectivity index (χ0) is 30.2. The van der Waals surface area contributed by atoms with Gasteiger partial charge in [0.05, 0.1) is 12.2 Å². The Morgan fingerprint density at radius 3 is 1.17 bits per heavy atom. The van der Waals surface area contributed by atoms with Gasteiger partial charge in [0.25, 0.3) is 0 Å². The average molecular weight is 579 g/mol. The molecule has 0 saturated carbocycles. The summed E-state index contributed by atoms with van der Waals surface area (Å²) in [5.41, 5.74) is 1.47. The van der Waals surface area contributed by atoms with Crippen molar-refractivity contribution in [2.75, 3.05) is 13.6 Å². The van der Waals surface area contributed by atoms with Crippen molar-refractivity contribution in [2.45, 2.75) is 181 Å². The summed E-state index contributed by atoms with van der Waals surface area (Å²) in [5.74, 6) is 0. The molecular weight excluding hydrogens is 512 g/mol. The maximum atomic E-state index is 11.9. The van der Waals surface area contributed by atoms with E-state index in [0.717, 1.165) is 87.9 Å². The van der Waals surface area contributed by atoms with E-state index in [1.165, 1.54) is 77.0 Å². The van der Waals surface area contributed by atoms with Crippen LogP contribution in [0.1, 0.15) is 169 Å². The Kier molecular flexibility index (Phi) is 30.6. The third-order valence-corrected chi connectivity index (χ3v) is 7.74. The van der Waals surface area contributed by atoms with Crippen LogP contribution >= 0.6 is 0 Å². The first-order chi connectivity index (χ1) is 20.2. The Morgan fingerprint density at radius 2 is 0.829 bits per heavy atom. The SMILES string of the molecule is CCCCCCCC=C(C=O)C(CCCCCC)OCOCOC(CCCCCC)C(C=O)=CCCCCCCC. The number of ether oxygens (including phenoxy) is 3. The molecule has 2 atom stereocenters. The van der Waals surface area contributed by atoms with Crippen LogP contribution in [0.3, 0.4) is 0 Å². The van der Waals surface area contributed by atoms with Crippen LogP contribution in [0.15, 0.2) is 23.3 Å². The molecule has 0 fully saturated rings. The van der Waals surface area contributed by atoms with Crippen LogP contribution in [0.5, 0.6) is 0 Å². The highest BCUT2D eigenvalue weighted by Gasteiger charge is 2.17. The zero-order valence-corrected chi connectivity index (χ0v) is 27.5.